The SMILES string of the molecule is CCNC(CC1=CCCCC1)c1ccc(OC2CC2)cc1. The van der Waals surface area contributed by atoms with Crippen LogP contribution in [0.5, 0.6) is 5.75 Å². The molecular weight excluding hydrogens is 258 g/mol. The lowest BCUT2D eigenvalue weighted by Crippen LogP contribution is -2.21. The van der Waals surface area contributed by atoms with Crippen LogP contribution in [0.1, 0.15) is 63.5 Å². The van der Waals surface area contributed by atoms with Crippen molar-refractivity contribution in [1.82, 2.24) is 5.32 Å². The van der Waals surface area contributed by atoms with Gasteiger partial charge in [-0.1, -0.05) is 30.7 Å². The molecule has 0 aliphatic heterocycles. The molecule has 0 aromatic heterocycles. The molecule has 2 aliphatic carbocycles. The van der Waals surface area contributed by atoms with E-state index in [9.17, 15) is 0 Å². The minimum atomic E-state index is 0.439. The fraction of sp³-hybridized carbons (Fsp3) is 0.579. The Morgan fingerprint density at radius 3 is 2.62 bits per heavy atom. The summed E-state index contributed by atoms with van der Waals surface area (Å²) in [7, 11) is 0. The molecule has 1 unspecified atom stereocenters. The summed E-state index contributed by atoms with van der Waals surface area (Å²) < 4.78 is 5.84. The molecule has 1 fully saturated rings. The Morgan fingerprint density at radius 2 is 2.00 bits per heavy atom. The lowest BCUT2D eigenvalue weighted by Gasteiger charge is -2.22. The van der Waals surface area contributed by atoms with Gasteiger partial charge in [0.05, 0.1) is 6.10 Å². The van der Waals surface area contributed by atoms with Crippen molar-refractivity contribution in [1.29, 1.82) is 0 Å². The van der Waals surface area contributed by atoms with Crippen molar-refractivity contribution in [2.75, 3.05) is 6.54 Å². The molecule has 0 heterocycles. The van der Waals surface area contributed by atoms with Crippen molar-refractivity contribution in [3.63, 3.8) is 0 Å². The van der Waals surface area contributed by atoms with Crippen molar-refractivity contribution < 1.29 is 4.74 Å². The third-order valence-corrected chi connectivity index (χ3v) is 4.41. The smallest absolute Gasteiger partial charge is 0.119 e. The molecule has 3 rings (SSSR count). The summed E-state index contributed by atoms with van der Waals surface area (Å²) in [5, 5.41) is 3.64. The molecule has 0 bridgehead atoms. The number of hydrogen-bond acceptors (Lipinski definition) is 2. The lowest BCUT2D eigenvalue weighted by atomic mass is 9.91. The van der Waals surface area contributed by atoms with Gasteiger partial charge in [-0.25, -0.2) is 0 Å². The second-order valence-corrected chi connectivity index (χ2v) is 6.31. The number of hydrogen-bond donors (Lipinski definition) is 1. The molecule has 114 valence electrons. The van der Waals surface area contributed by atoms with E-state index < -0.39 is 0 Å². The van der Waals surface area contributed by atoms with Gasteiger partial charge in [-0.3, -0.25) is 0 Å². The van der Waals surface area contributed by atoms with Crippen molar-refractivity contribution in [3.8, 4) is 5.75 Å². The second-order valence-electron chi connectivity index (χ2n) is 6.31. The van der Waals surface area contributed by atoms with Gasteiger partial charge in [0.15, 0.2) is 0 Å². The summed E-state index contributed by atoms with van der Waals surface area (Å²) >= 11 is 0. The summed E-state index contributed by atoms with van der Waals surface area (Å²) in [4.78, 5) is 0. The number of rotatable bonds is 7. The van der Waals surface area contributed by atoms with Crippen molar-refractivity contribution in [2.45, 2.75) is 64.0 Å². The molecule has 1 aromatic carbocycles. The zero-order valence-electron chi connectivity index (χ0n) is 13.1. The Labute approximate surface area is 128 Å². The first-order chi connectivity index (χ1) is 10.3. The normalized spacial score (nSPS) is 20.0. The van der Waals surface area contributed by atoms with E-state index >= 15 is 0 Å². The van der Waals surface area contributed by atoms with Crippen LogP contribution in [-0.4, -0.2) is 12.6 Å². The first kappa shape index (κ1) is 14.6. The summed E-state index contributed by atoms with van der Waals surface area (Å²) in [6.45, 7) is 3.20. The summed E-state index contributed by atoms with van der Waals surface area (Å²) in [5.41, 5.74) is 3.01. The van der Waals surface area contributed by atoms with Gasteiger partial charge in [-0.2, -0.15) is 0 Å². The molecule has 0 radical (unpaired) electrons. The number of benzene rings is 1. The molecule has 21 heavy (non-hydrogen) atoms. The molecule has 1 aromatic rings. The van der Waals surface area contributed by atoms with E-state index in [0.717, 1.165) is 18.7 Å². The Hall–Kier alpha value is -1.28. The van der Waals surface area contributed by atoms with Gasteiger partial charge in [0.2, 0.25) is 0 Å². The molecule has 2 aliphatic rings. The van der Waals surface area contributed by atoms with Gasteiger partial charge in [0.1, 0.15) is 5.75 Å². The average molecular weight is 285 g/mol. The molecular formula is C19H27NO. The maximum Gasteiger partial charge on any atom is 0.119 e. The predicted octanol–water partition coefficient (Wildman–Crippen LogP) is 4.77. The van der Waals surface area contributed by atoms with E-state index in [1.165, 1.54) is 44.1 Å². The van der Waals surface area contributed by atoms with Crippen molar-refractivity contribution >= 4 is 0 Å². The van der Waals surface area contributed by atoms with E-state index in [4.69, 9.17) is 4.74 Å². The quantitative estimate of drug-likeness (QED) is 0.729. The van der Waals surface area contributed by atoms with Gasteiger partial charge < -0.3 is 10.1 Å². The summed E-state index contributed by atoms with van der Waals surface area (Å²) in [6, 6.07) is 9.16. The third kappa shape index (κ3) is 4.34. The highest BCUT2D eigenvalue weighted by Crippen LogP contribution is 2.30. The minimum absolute atomic E-state index is 0.439. The lowest BCUT2D eigenvalue weighted by molar-refractivity contribution is 0.303. The molecule has 2 heteroatoms. The van der Waals surface area contributed by atoms with Crippen LogP contribution in [-0.2, 0) is 0 Å². The van der Waals surface area contributed by atoms with Crippen molar-refractivity contribution in [2.24, 2.45) is 0 Å². The Morgan fingerprint density at radius 1 is 1.19 bits per heavy atom. The number of allylic oxidation sites excluding steroid dienone is 1. The second kappa shape index (κ2) is 7.13. The van der Waals surface area contributed by atoms with E-state index in [2.05, 4.69) is 42.6 Å². The van der Waals surface area contributed by atoms with Gasteiger partial charge in [-0.15, -0.1) is 0 Å². The Kier molecular flexibility index (Phi) is 4.97. The molecule has 1 saturated carbocycles. The first-order valence-electron chi connectivity index (χ1n) is 8.53. The van der Waals surface area contributed by atoms with Gasteiger partial charge >= 0.3 is 0 Å². The molecule has 0 saturated heterocycles. The van der Waals surface area contributed by atoms with Crippen LogP contribution < -0.4 is 10.1 Å². The van der Waals surface area contributed by atoms with Crippen LogP contribution in [0.2, 0.25) is 0 Å². The topological polar surface area (TPSA) is 21.3 Å². The van der Waals surface area contributed by atoms with Crippen LogP contribution >= 0.6 is 0 Å². The maximum absolute atomic E-state index is 5.84. The third-order valence-electron chi connectivity index (χ3n) is 4.41. The Balaban J connectivity index is 1.65. The van der Waals surface area contributed by atoms with E-state index in [1.807, 2.05) is 0 Å². The maximum atomic E-state index is 5.84. The fourth-order valence-corrected chi connectivity index (χ4v) is 3.06. The zero-order chi connectivity index (χ0) is 14.5. The molecule has 0 spiro atoms. The van der Waals surface area contributed by atoms with Crippen LogP contribution in [0.15, 0.2) is 35.9 Å². The highest BCUT2D eigenvalue weighted by Gasteiger charge is 2.23. The standard InChI is InChI=1S/C19H27NO/c1-2-20-19(14-15-6-4-3-5-7-15)16-8-10-17(11-9-16)21-18-12-13-18/h6,8-11,18-20H,2-5,7,12-14H2,1H3. The average Bonchev–Trinajstić information content (AvgIpc) is 3.33. The summed E-state index contributed by atoms with van der Waals surface area (Å²) in [5.74, 6) is 1.02. The highest BCUT2D eigenvalue weighted by atomic mass is 16.5. The molecule has 1 N–H and O–H groups in total. The number of ether oxygens (including phenoxy) is 1. The first-order valence-corrected chi connectivity index (χ1v) is 8.53. The fourth-order valence-electron chi connectivity index (χ4n) is 3.06. The van der Waals surface area contributed by atoms with Gasteiger partial charge in [-0.05, 0) is 69.2 Å². The Bertz CT molecular complexity index is 473. The van der Waals surface area contributed by atoms with E-state index in [-0.39, 0.29) is 0 Å². The van der Waals surface area contributed by atoms with Gasteiger partial charge in [0.25, 0.3) is 0 Å². The van der Waals surface area contributed by atoms with Crippen molar-refractivity contribution in [3.05, 3.63) is 41.5 Å². The highest BCUT2D eigenvalue weighted by molar-refractivity contribution is 5.30. The minimum Gasteiger partial charge on any atom is -0.490 e. The number of nitrogens with one attached hydrogen (secondary N) is 1. The summed E-state index contributed by atoms with van der Waals surface area (Å²) in [6.07, 6.45) is 11.8. The predicted molar refractivity (Wildman–Crippen MR) is 87.7 cm³/mol. The van der Waals surface area contributed by atoms with E-state index in [0.29, 0.717) is 12.1 Å². The molecule has 2 nitrogen and oxygen atoms in total. The van der Waals surface area contributed by atoms with E-state index in [1.54, 1.807) is 5.57 Å². The monoisotopic (exact) mass is 285 g/mol. The largest absolute Gasteiger partial charge is 0.490 e. The zero-order valence-corrected chi connectivity index (χ0v) is 13.1. The molecule has 1 atom stereocenters. The van der Waals surface area contributed by atoms with Crippen LogP contribution in [0, 0.1) is 0 Å². The molecule has 0 amide bonds. The van der Waals surface area contributed by atoms with Crippen LogP contribution in [0.25, 0.3) is 0 Å². The van der Waals surface area contributed by atoms with Gasteiger partial charge in [0, 0.05) is 6.04 Å². The van der Waals surface area contributed by atoms with Crippen LogP contribution in [0.4, 0.5) is 0 Å². The van der Waals surface area contributed by atoms with Crippen LogP contribution in [0.3, 0.4) is 0 Å².